The molecule has 2 rings (SSSR count). The molecule has 96 valence electrons. The first-order valence-corrected chi connectivity index (χ1v) is 5.70. The Morgan fingerprint density at radius 2 is 2.00 bits per heavy atom. The number of anilines is 2. The van der Waals surface area contributed by atoms with E-state index in [2.05, 4.69) is 10.3 Å². The van der Waals surface area contributed by atoms with Crippen molar-refractivity contribution in [2.24, 2.45) is 0 Å². The summed E-state index contributed by atoms with van der Waals surface area (Å²) in [6.07, 6.45) is 1.42. The van der Waals surface area contributed by atoms with Crippen LogP contribution in [-0.2, 0) is 0 Å². The Bertz CT molecular complexity index is 621. The van der Waals surface area contributed by atoms with Crippen LogP contribution in [0.15, 0.2) is 42.6 Å². The molecule has 5 heteroatoms. The van der Waals surface area contributed by atoms with E-state index in [0.29, 0.717) is 16.9 Å². The summed E-state index contributed by atoms with van der Waals surface area (Å²) in [5.41, 5.74) is 7.36. The van der Waals surface area contributed by atoms with Crippen LogP contribution in [0, 0.1) is 0 Å². The monoisotopic (exact) mass is 255 g/mol. The highest BCUT2D eigenvalue weighted by Crippen LogP contribution is 2.12. The van der Waals surface area contributed by atoms with Crippen molar-refractivity contribution in [1.82, 2.24) is 4.98 Å². The van der Waals surface area contributed by atoms with Crippen LogP contribution in [0.3, 0.4) is 0 Å². The summed E-state index contributed by atoms with van der Waals surface area (Å²) in [7, 11) is 0. The van der Waals surface area contributed by atoms with E-state index in [4.69, 9.17) is 5.73 Å². The number of nitrogens with one attached hydrogen (secondary N) is 1. The first-order valence-electron chi connectivity index (χ1n) is 5.70. The molecule has 0 saturated heterocycles. The lowest BCUT2D eigenvalue weighted by Gasteiger charge is -2.06. The Balaban J connectivity index is 2.17. The number of nitrogens with zero attached hydrogens (tertiary/aromatic N) is 1. The summed E-state index contributed by atoms with van der Waals surface area (Å²) in [5.74, 6) is -0.401. The fourth-order valence-corrected chi connectivity index (χ4v) is 1.55. The molecule has 0 radical (unpaired) electrons. The van der Waals surface area contributed by atoms with Gasteiger partial charge >= 0.3 is 0 Å². The number of carbonyl (C=O) groups is 2. The van der Waals surface area contributed by atoms with Crippen LogP contribution in [0.5, 0.6) is 0 Å². The van der Waals surface area contributed by atoms with Crippen molar-refractivity contribution in [3.05, 3.63) is 53.9 Å². The number of benzene rings is 1. The van der Waals surface area contributed by atoms with Gasteiger partial charge in [-0.3, -0.25) is 9.59 Å². The number of pyridine rings is 1. The van der Waals surface area contributed by atoms with Crippen molar-refractivity contribution < 1.29 is 9.59 Å². The van der Waals surface area contributed by atoms with E-state index in [1.54, 1.807) is 36.4 Å². The molecule has 0 aliphatic heterocycles. The molecule has 0 saturated carbocycles. The van der Waals surface area contributed by atoms with Crippen LogP contribution in [0.4, 0.5) is 11.4 Å². The van der Waals surface area contributed by atoms with Gasteiger partial charge in [0.05, 0.1) is 11.9 Å². The predicted molar refractivity (Wildman–Crippen MR) is 73.0 cm³/mol. The number of aromatic nitrogens is 1. The molecule has 1 amide bonds. The topological polar surface area (TPSA) is 85.1 Å². The molecule has 3 N–H and O–H groups in total. The van der Waals surface area contributed by atoms with E-state index >= 15 is 0 Å². The minimum Gasteiger partial charge on any atom is -0.397 e. The maximum Gasteiger partial charge on any atom is 0.274 e. The van der Waals surface area contributed by atoms with Gasteiger partial charge in [0.2, 0.25) is 0 Å². The number of ketones is 1. The lowest BCUT2D eigenvalue weighted by molar-refractivity contribution is 0.100. The first-order chi connectivity index (χ1) is 9.06. The highest BCUT2D eigenvalue weighted by molar-refractivity contribution is 6.04. The summed E-state index contributed by atoms with van der Waals surface area (Å²) >= 11 is 0. The van der Waals surface area contributed by atoms with Gasteiger partial charge < -0.3 is 11.1 Å². The SMILES string of the molecule is CC(=O)c1cccc(NC(=O)c2ccc(N)cn2)c1. The highest BCUT2D eigenvalue weighted by atomic mass is 16.2. The lowest BCUT2D eigenvalue weighted by atomic mass is 10.1. The quantitative estimate of drug-likeness (QED) is 0.822. The number of nitrogens with two attached hydrogens (primary N) is 1. The van der Waals surface area contributed by atoms with Crippen molar-refractivity contribution in [3.8, 4) is 0 Å². The molecule has 0 aliphatic rings. The molecule has 19 heavy (non-hydrogen) atoms. The molecule has 0 unspecified atom stereocenters. The maximum atomic E-state index is 11.9. The minimum atomic E-state index is -0.347. The van der Waals surface area contributed by atoms with E-state index < -0.39 is 0 Å². The van der Waals surface area contributed by atoms with Crippen LogP contribution < -0.4 is 11.1 Å². The average molecular weight is 255 g/mol. The second kappa shape index (κ2) is 5.30. The minimum absolute atomic E-state index is 0.0540. The van der Waals surface area contributed by atoms with Crippen LogP contribution >= 0.6 is 0 Å². The Hall–Kier alpha value is -2.69. The second-order valence-corrected chi connectivity index (χ2v) is 4.07. The number of amides is 1. The van der Waals surface area contributed by atoms with Gasteiger partial charge in [0.1, 0.15) is 5.69 Å². The van der Waals surface area contributed by atoms with Gasteiger partial charge in [0.15, 0.2) is 5.78 Å². The van der Waals surface area contributed by atoms with Gasteiger partial charge in [-0.2, -0.15) is 0 Å². The summed E-state index contributed by atoms with van der Waals surface area (Å²) in [6, 6.07) is 9.88. The Morgan fingerprint density at radius 3 is 2.63 bits per heavy atom. The summed E-state index contributed by atoms with van der Waals surface area (Å²) in [5, 5.41) is 2.68. The van der Waals surface area contributed by atoms with Crippen molar-refractivity contribution in [2.75, 3.05) is 11.1 Å². The number of nitrogen functional groups attached to an aromatic ring is 1. The third-order valence-corrected chi connectivity index (χ3v) is 2.55. The normalized spacial score (nSPS) is 9.95. The van der Waals surface area contributed by atoms with Crippen LogP contribution in [0.1, 0.15) is 27.8 Å². The van der Waals surface area contributed by atoms with E-state index in [9.17, 15) is 9.59 Å². The predicted octanol–water partition coefficient (Wildman–Crippen LogP) is 2.12. The Kier molecular flexibility index (Phi) is 3.56. The molecular weight excluding hydrogens is 242 g/mol. The molecular formula is C14H13N3O2. The first kappa shape index (κ1) is 12.8. The zero-order valence-corrected chi connectivity index (χ0v) is 10.4. The second-order valence-electron chi connectivity index (χ2n) is 4.07. The van der Waals surface area contributed by atoms with Crippen molar-refractivity contribution in [1.29, 1.82) is 0 Å². The maximum absolute atomic E-state index is 11.9. The average Bonchev–Trinajstić information content (AvgIpc) is 2.39. The number of hydrogen-bond donors (Lipinski definition) is 2. The number of rotatable bonds is 3. The molecule has 5 nitrogen and oxygen atoms in total. The smallest absolute Gasteiger partial charge is 0.274 e. The van der Waals surface area contributed by atoms with E-state index in [-0.39, 0.29) is 17.4 Å². The van der Waals surface area contributed by atoms with Gasteiger partial charge in [-0.15, -0.1) is 0 Å². The van der Waals surface area contributed by atoms with E-state index in [1.807, 2.05) is 0 Å². The Morgan fingerprint density at radius 1 is 1.21 bits per heavy atom. The van der Waals surface area contributed by atoms with E-state index in [1.165, 1.54) is 13.1 Å². The third kappa shape index (κ3) is 3.16. The number of Topliss-reactive ketones (excluding diaryl/α,β-unsaturated/α-hetero) is 1. The molecule has 0 atom stereocenters. The van der Waals surface area contributed by atoms with Crippen LogP contribution in [0.2, 0.25) is 0 Å². The summed E-state index contributed by atoms with van der Waals surface area (Å²) in [4.78, 5) is 27.1. The van der Waals surface area contributed by atoms with Gasteiger partial charge in [0.25, 0.3) is 5.91 Å². The van der Waals surface area contributed by atoms with E-state index in [0.717, 1.165) is 0 Å². The summed E-state index contributed by atoms with van der Waals surface area (Å²) in [6.45, 7) is 1.47. The molecule has 1 aromatic heterocycles. The summed E-state index contributed by atoms with van der Waals surface area (Å²) < 4.78 is 0. The zero-order valence-electron chi connectivity index (χ0n) is 10.4. The number of carbonyl (C=O) groups excluding carboxylic acids is 2. The van der Waals surface area contributed by atoms with Crippen molar-refractivity contribution in [2.45, 2.75) is 6.92 Å². The van der Waals surface area contributed by atoms with Crippen molar-refractivity contribution in [3.63, 3.8) is 0 Å². The van der Waals surface area contributed by atoms with Crippen molar-refractivity contribution >= 4 is 23.1 Å². The molecule has 0 spiro atoms. The molecule has 1 aromatic carbocycles. The Labute approximate surface area is 110 Å². The fraction of sp³-hybridized carbons (Fsp3) is 0.0714. The molecule has 0 fully saturated rings. The molecule has 0 aliphatic carbocycles. The standard InChI is InChI=1S/C14H13N3O2/c1-9(18)10-3-2-4-12(7-10)17-14(19)13-6-5-11(15)8-16-13/h2-8H,15H2,1H3,(H,17,19). The zero-order chi connectivity index (χ0) is 13.8. The highest BCUT2D eigenvalue weighted by Gasteiger charge is 2.08. The molecule has 1 heterocycles. The lowest BCUT2D eigenvalue weighted by Crippen LogP contribution is -2.14. The third-order valence-electron chi connectivity index (χ3n) is 2.55. The van der Waals surface area contributed by atoms with Gasteiger partial charge in [-0.1, -0.05) is 12.1 Å². The van der Waals surface area contributed by atoms with Crippen LogP contribution in [-0.4, -0.2) is 16.7 Å². The van der Waals surface area contributed by atoms with Gasteiger partial charge in [0, 0.05) is 11.3 Å². The largest absolute Gasteiger partial charge is 0.397 e. The molecule has 2 aromatic rings. The van der Waals surface area contributed by atoms with Gasteiger partial charge in [-0.25, -0.2) is 4.98 Å². The number of hydrogen-bond acceptors (Lipinski definition) is 4. The molecule has 0 bridgehead atoms. The van der Waals surface area contributed by atoms with Crippen LogP contribution in [0.25, 0.3) is 0 Å². The van der Waals surface area contributed by atoms with Gasteiger partial charge in [-0.05, 0) is 31.2 Å². The fourth-order valence-electron chi connectivity index (χ4n) is 1.55.